The zero-order chi connectivity index (χ0) is 58.4. The summed E-state index contributed by atoms with van der Waals surface area (Å²) in [6.45, 7) is 0. The van der Waals surface area contributed by atoms with Crippen molar-refractivity contribution in [1.29, 1.82) is 0 Å². The van der Waals surface area contributed by atoms with E-state index in [1.807, 2.05) is 145 Å². The number of benzene rings is 1. The standard InChI is InChI=1S/C7H6N2.C5H5N.2C4H4N2.3C4H5N.C4H4O.C4H4S.C3H3N3.2C3H4N2.2C3H3NO.C2H2N2O/c1-2-4-7-6(3-1)8-5-9-7;1-2-4-6-5-3-1;1-2-6-4-3-5-1;1-2-5-4-6-3-1;5*1-2-4-5-3-1;1-4-2-6-3-5-1;1-2-5-3-4-1;1-2-4-5-3-1;2*1-2-5-3-4-1;1-3-2-5-4-1/h1-5H,(H,8,9);1-5H;2*1-4H;1,3-4H,2H2;2*1-5H;2*1-4H;1-3H;2*1-3H,(H,4,5);2*1-3H;1-2H. The van der Waals surface area contributed by atoms with Crippen molar-refractivity contribution in [2.24, 2.45) is 4.99 Å². The number of aromatic nitrogens is 20. The van der Waals surface area contributed by atoms with E-state index in [2.05, 4.69) is 123 Å². The molecule has 25 nitrogen and oxygen atoms in total. The largest absolute Gasteiger partial charge is 0.473 e. The molecule has 0 spiro atoms. The summed E-state index contributed by atoms with van der Waals surface area (Å²) in [5, 5.41) is 13.5. The fourth-order valence-electron chi connectivity index (χ4n) is 4.14. The molecule has 5 N–H and O–H groups in total. The van der Waals surface area contributed by atoms with Gasteiger partial charge in [0, 0.05) is 118 Å². The molecular formula is C57H61N21O4S. The molecule has 0 saturated heterocycles. The first-order chi connectivity index (χ1) is 41.5. The van der Waals surface area contributed by atoms with E-state index in [0.717, 1.165) is 17.5 Å². The van der Waals surface area contributed by atoms with Gasteiger partial charge in [0.2, 0.25) is 6.39 Å². The average Bonchev–Trinajstić information content (AvgIpc) is 4.41. The lowest BCUT2D eigenvalue weighted by atomic mass is 10.3. The first kappa shape index (κ1) is 67.1. The highest BCUT2D eigenvalue weighted by Gasteiger charge is 1.88. The number of nitrogens with one attached hydrogen (secondary N) is 5. The third-order valence-electron chi connectivity index (χ3n) is 7.42. The van der Waals surface area contributed by atoms with E-state index in [9.17, 15) is 0 Å². The van der Waals surface area contributed by atoms with Gasteiger partial charge in [0.25, 0.3) is 0 Å². The van der Waals surface area contributed by atoms with Gasteiger partial charge in [-0.25, -0.2) is 49.8 Å². The Labute approximate surface area is 482 Å². The van der Waals surface area contributed by atoms with Gasteiger partial charge >= 0.3 is 0 Å². The number of furan rings is 1. The van der Waals surface area contributed by atoms with Crippen LogP contribution in [-0.2, 0) is 0 Å². The summed E-state index contributed by atoms with van der Waals surface area (Å²) in [5.41, 5.74) is 2.12. The summed E-state index contributed by atoms with van der Waals surface area (Å²) in [6.07, 6.45) is 58.5. The maximum absolute atomic E-state index is 4.58. The van der Waals surface area contributed by atoms with Crippen molar-refractivity contribution in [2.45, 2.75) is 6.42 Å². The summed E-state index contributed by atoms with van der Waals surface area (Å²) < 4.78 is 17.8. The molecule has 15 heterocycles. The minimum absolute atomic E-state index is 1.03. The number of aliphatic imine (C=N–C) groups is 1. The Bertz CT molecular complexity index is 2460. The second kappa shape index (κ2) is 59.2. The van der Waals surface area contributed by atoms with Crippen LogP contribution in [0.25, 0.3) is 11.0 Å². The van der Waals surface area contributed by atoms with Crippen LogP contribution in [0.3, 0.4) is 0 Å². The fraction of sp³-hybridized carbons (Fsp3) is 0.0175. The lowest BCUT2D eigenvalue weighted by Gasteiger charge is -1.81. The Hall–Kier alpha value is -12.1. The number of fused-ring (bicyclic) bond motifs is 1. The molecule has 1 aromatic carbocycles. The molecule has 0 aliphatic carbocycles. The number of hydrogen-bond acceptors (Lipinski definition) is 21. The van der Waals surface area contributed by atoms with Crippen LogP contribution < -0.4 is 0 Å². The maximum atomic E-state index is 4.58. The second-order valence-corrected chi connectivity index (χ2v) is 14.1. The van der Waals surface area contributed by atoms with Crippen LogP contribution in [0.15, 0.2) is 349 Å². The molecule has 0 amide bonds. The van der Waals surface area contributed by atoms with Crippen LogP contribution in [0, 0.1) is 0 Å². The molecule has 424 valence electrons. The number of thiophene rings is 1. The van der Waals surface area contributed by atoms with Gasteiger partial charge in [-0.15, -0.1) is 0 Å². The molecule has 26 heteroatoms. The maximum Gasteiger partial charge on any atom is 0.213 e. The molecule has 0 saturated carbocycles. The first-order valence-corrected chi connectivity index (χ1v) is 25.1. The number of rotatable bonds is 0. The monoisotopic (exact) mass is 1140 g/mol. The minimum atomic E-state index is 1.03. The van der Waals surface area contributed by atoms with Gasteiger partial charge in [-0.2, -0.15) is 16.4 Å². The molecule has 1 aliphatic heterocycles. The quantitative estimate of drug-likeness (QED) is 0.0941. The Balaban J connectivity index is 0.000000305. The summed E-state index contributed by atoms with van der Waals surface area (Å²) in [5.74, 6) is 0. The van der Waals surface area contributed by atoms with Crippen LogP contribution in [0.2, 0.25) is 0 Å². The highest BCUT2D eigenvalue weighted by atomic mass is 32.1. The molecular weight excluding hydrogens is 1070 g/mol. The molecule has 0 bridgehead atoms. The van der Waals surface area contributed by atoms with Gasteiger partial charge in [-0.3, -0.25) is 25.0 Å². The second-order valence-electron chi connectivity index (χ2n) is 13.3. The van der Waals surface area contributed by atoms with Gasteiger partial charge in [0.1, 0.15) is 37.8 Å². The van der Waals surface area contributed by atoms with Gasteiger partial charge in [0.15, 0.2) is 19.1 Å². The van der Waals surface area contributed by atoms with Crippen molar-refractivity contribution in [2.75, 3.05) is 0 Å². The normalized spacial score (nSPS) is 8.82. The van der Waals surface area contributed by atoms with Crippen LogP contribution in [0.5, 0.6) is 0 Å². The Morgan fingerprint density at radius 1 is 0.398 bits per heavy atom. The van der Waals surface area contributed by atoms with Crippen molar-refractivity contribution in [1.82, 2.24) is 100 Å². The van der Waals surface area contributed by atoms with Gasteiger partial charge in [0.05, 0.1) is 48.6 Å². The number of H-pyrrole nitrogens is 5. The van der Waals surface area contributed by atoms with E-state index in [1.54, 1.807) is 136 Å². The lowest BCUT2D eigenvalue weighted by Crippen LogP contribution is -1.73. The van der Waals surface area contributed by atoms with Crippen molar-refractivity contribution < 1.29 is 17.8 Å². The Kier molecular flexibility index (Phi) is 47.8. The number of hydrogen-bond donors (Lipinski definition) is 5. The van der Waals surface area contributed by atoms with Crippen molar-refractivity contribution in [3.8, 4) is 0 Å². The average molecular weight is 1140 g/mol. The SMILES string of the molecule is C1=CN=CC1.c1c[nH]cn1.c1cc[nH]c1.c1cc[nH]c1.c1ccc2[nH]cnc2c1.c1ccncc1.c1ccoc1.c1ccsc1.c1cn[nH]c1.c1cnccn1.c1cncnc1.c1cocn1.c1cocn1.c1ncncn1.c1ncon1. The number of imidazole rings is 2. The zero-order valence-electron chi connectivity index (χ0n) is 44.6. The van der Waals surface area contributed by atoms with E-state index >= 15 is 0 Å². The van der Waals surface area contributed by atoms with Gasteiger partial charge in [-0.05, 0) is 83.6 Å². The molecule has 83 heavy (non-hydrogen) atoms. The zero-order valence-corrected chi connectivity index (χ0v) is 45.4. The molecule has 0 fully saturated rings. The lowest BCUT2D eigenvalue weighted by molar-refractivity contribution is 0.416. The predicted molar refractivity (Wildman–Crippen MR) is 316 cm³/mol. The highest BCUT2D eigenvalue weighted by Crippen LogP contribution is 2.05. The van der Waals surface area contributed by atoms with Crippen molar-refractivity contribution >= 4 is 28.6 Å². The Morgan fingerprint density at radius 3 is 1.25 bits per heavy atom. The van der Waals surface area contributed by atoms with Crippen molar-refractivity contribution in [3.63, 3.8) is 0 Å². The van der Waals surface area contributed by atoms with E-state index < -0.39 is 0 Å². The summed E-state index contributed by atoms with van der Waals surface area (Å²) >= 11 is 1.71. The highest BCUT2D eigenvalue weighted by molar-refractivity contribution is 7.07. The molecule has 14 aromatic heterocycles. The van der Waals surface area contributed by atoms with Crippen LogP contribution in [0.1, 0.15) is 6.42 Å². The smallest absolute Gasteiger partial charge is 0.213 e. The third-order valence-corrected chi connectivity index (χ3v) is 8.05. The molecule has 16 rings (SSSR count). The Morgan fingerprint density at radius 2 is 1.01 bits per heavy atom. The van der Waals surface area contributed by atoms with Crippen LogP contribution >= 0.6 is 11.3 Å². The number of pyridine rings is 1. The van der Waals surface area contributed by atoms with Crippen molar-refractivity contribution in [3.05, 3.63) is 326 Å². The third kappa shape index (κ3) is 51.8. The van der Waals surface area contributed by atoms with E-state index in [0.29, 0.717) is 0 Å². The van der Waals surface area contributed by atoms with Gasteiger partial charge < -0.3 is 37.7 Å². The topological polar surface area (TPSA) is 337 Å². The first-order valence-electron chi connectivity index (χ1n) is 24.1. The fourth-order valence-corrected chi connectivity index (χ4v) is 4.59. The summed E-state index contributed by atoms with van der Waals surface area (Å²) in [6, 6.07) is 32.8. The number of aromatic amines is 5. The predicted octanol–water partition coefficient (Wildman–Crippen LogP) is 11.7. The summed E-state index contributed by atoms with van der Waals surface area (Å²) in [7, 11) is 0. The molecule has 15 aromatic rings. The van der Waals surface area contributed by atoms with Crippen LogP contribution in [0.4, 0.5) is 0 Å². The summed E-state index contributed by atoms with van der Waals surface area (Å²) in [4.78, 5) is 62.8. The van der Waals surface area contributed by atoms with Gasteiger partial charge in [-0.1, -0.05) is 41.6 Å². The molecule has 0 atom stereocenters. The van der Waals surface area contributed by atoms with E-state index in [-0.39, 0.29) is 0 Å². The minimum Gasteiger partial charge on any atom is -0.473 e. The van der Waals surface area contributed by atoms with E-state index in [1.165, 1.54) is 63.3 Å². The van der Waals surface area contributed by atoms with E-state index in [4.69, 9.17) is 0 Å². The number of allylic oxidation sites excluding steroid dienone is 1. The number of para-hydroxylation sites is 2. The molecule has 0 unspecified atom stereocenters. The molecule has 0 radical (unpaired) electrons. The molecule has 1 aliphatic rings. The number of oxazole rings is 2. The number of nitrogens with zero attached hydrogens (tertiary/aromatic N) is 16. The van der Waals surface area contributed by atoms with Crippen LogP contribution in [-0.4, -0.2) is 106 Å².